The van der Waals surface area contributed by atoms with Crippen LogP contribution in [0.15, 0.2) is 39.8 Å². The van der Waals surface area contributed by atoms with Gasteiger partial charge in [0, 0.05) is 32.7 Å². The number of hydrogen-bond donors (Lipinski definition) is 2. The van der Waals surface area contributed by atoms with E-state index < -0.39 is 10.0 Å². The van der Waals surface area contributed by atoms with Crippen LogP contribution in [0.1, 0.15) is 42.3 Å². The Morgan fingerprint density at radius 3 is 2.44 bits per heavy atom. The van der Waals surface area contributed by atoms with Crippen LogP contribution in [0.5, 0.6) is 0 Å². The van der Waals surface area contributed by atoms with E-state index in [0.717, 1.165) is 22.6 Å². The van der Waals surface area contributed by atoms with E-state index in [-0.39, 0.29) is 29.7 Å². The molecular formula is C21H32IN5O4S. The van der Waals surface area contributed by atoms with E-state index in [1.807, 2.05) is 30.3 Å². The molecule has 0 unspecified atom stereocenters. The summed E-state index contributed by atoms with van der Waals surface area (Å²) in [5.74, 6) is 1.59. The second-order valence-corrected chi connectivity index (χ2v) is 9.66. The topological polar surface area (TPSA) is 109 Å². The Balaban J connectivity index is 0.00000363. The Bertz CT molecular complexity index is 988. The first kappa shape index (κ1) is 26.6. The van der Waals surface area contributed by atoms with Crippen molar-refractivity contribution in [2.24, 2.45) is 4.99 Å². The highest BCUT2D eigenvalue weighted by molar-refractivity contribution is 14.0. The third-order valence-corrected chi connectivity index (χ3v) is 6.92. The molecule has 9 nitrogen and oxygen atoms in total. The minimum atomic E-state index is -3.39. The first-order valence-corrected chi connectivity index (χ1v) is 12.0. The molecular weight excluding hydrogens is 545 g/mol. The number of nitrogens with one attached hydrogen (secondary N) is 2. The summed E-state index contributed by atoms with van der Waals surface area (Å²) in [6.07, 6.45) is 0. The lowest BCUT2D eigenvalue weighted by Crippen LogP contribution is -2.41. The molecule has 0 bridgehead atoms. The van der Waals surface area contributed by atoms with Crippen molar-refractivity contribution in [2.75, 3.05) is 33.4 Å². The Labute approximate surface area is 207 Å². The highest BCUT2D eigenvalue weighted by Gasteiger charge is 2.25. The molecule has 1 aromatic carbocycles. The van der Waals surface area contributed by atoms with Gasteiger partial charge >= 0.3 is 0 Å². The summed E-state index contributed by atoms with van der Waals surface area (Å²) in [5.41, 5.74) is 2.59. The maximum atomic E-state index is 12.8. The number of nitrogens with zero attached hydrogens (tertiary/aromatic N) is 3. The Kier molecular flexibility index (Phi) is 10.4. The number of morpholine rings is 1. The Hall–Kier alpha value is -1.70. The molecule has 1 fully saturated rings. The zero-order valence-electron chi connectivity index (χ0n) is 18.7. The van der Waals surface area contributed by atoms with Crippen molar-refractivity contribution in [2.45, 2.75) is 38.6 Å². The average Bonchev–Trinajstić information content (AvgIpc) is 3.25. The van der Waals surface area contributed by atoms with Crippen molar-refractivity contribution in [3.05, 3.63) is 52.9 Å². The minimum absolute atomic E-state index is 0. The van der Waals surface area contributed by atoms with E-state index in [2.05, 4.69) is 34.6 Å². The number of rotatable bonds is 8. The van der Waals surface area contributed by atoms with Gasteiger partial charge in [-0.25, -0.2) is 8.42 Å². The standard InChI is InChI=1S/C21H31N5O4S.HI/c1-16(2)20-12-19(30-25-20)14-24-21(22-3)23-13-17-6-4-5-7-18(17)15-31(27,28)26-8-10-29-11-9-26;/h4-7,12,16H,8-11,13-15H2,1-3H3,(H2,22,23,24);1H. The number of sulfonamides is 1. The normalized spacial score (nSPS) is 15.4. The Morgan fingerprint density at radius 1 is 1.16 bits per heavy atom. The number of benzene rings is 1. The largest absolute Gasteiger partial charge is 0.379 e. The highest BCUT2D eigenvalue weighted by Crippen LogP contribution is 2.17. The zero-order valence-corrected chi connectivity index (χ0v) is 21.9. The smallest absolute Gasteiger partial charge is 0.218 e. The van der Waals surface area contributed by atoms with Gasteiger partial charge in [0.05, 0.1) is 31.2 Å². The molecule has 1 aromatic heterocycles. The van der Waals surface area contributed by atoms with Crippen molar-refractivity contribution in [1.29, 1.82) is 0 Å². The van der Waals surface area contributed by atoms with Crippen LogP contribution in [0, 0.1) is 0 Å². The Morgan fingerprint density at radius 2 is 1.81 bits per heavy atom. The van der Waals surface area contributed by atoms with Crippen LogP contribution >= 0.6 is 24.0 Å². The van der Waals surface area contributed by atoms with Crippen molar-refractivity contribution >= 4 is 40.0 Å². The van der Waals surface area contributed by atoms with Gasteiger partial charge in [-0.15, -0.1) is 24.0 Å². The average molecular weight is 577 g/mol. The second kappa shape index (κ2) is 12.5. The molecule has 32 heavy (non-hydrogen) atoms. The number of hydrogen-bond acceptors (Lipinski definition) is 6. The van der Waals surface area contributed by atoms with Crippen LogP contribution in [-0.2, 0) is 33.6 Å². The maximum absolute atomic E-state index is 12.8. The van der Waals surface area contributed by atoms with Gasteiger partial charge in [-0.05, 0) is 17.0 Å². The number of ether oxygens (including phenoxy) is 1. The molecule has 0 spiro atoms. The summed E-state index contributed by atoms with van der Waals surface area (Å²) in [5, 5.41) is 10.5. The third kappa shape index (κ3) is 7.42. The molecule has 0 radical (unpaired) electrons. The summed E-state index contributed by atoms with van der Waals surface area (Å²) in [6, 6.07) is 9.47. The van der Waals surface area contributed by atoms with E-state index >= 15 is 0 Å². The molecule has 1 saturated heterocycles. The minimum Gasteiger partial charge on any atom is -0.379 e. The molecule has 178 valence electrons. The molecule has 2 heterocycles. The number of aromatic nitrogens is 1. The van der Waals surface area contributed by atoms with Gasteiger partial charge in [-0.2, -0.15) is 4.31 Å². The predicted molar refractivity (Wildman–Crippen MR) is 135 cm³/mol. The zero-order chi connectivity index (χ0) is 22.3. The summed E-state index contributed by atoms with van der Waals surface area (Å²) < 4.78 is 37.7. The van der Waals surface area contributed by atoms with E-state index in [1.54, 1.807) is 7.05 Å². The molecule has 2 aromatic rings. The van der Waals surface area contributed by atoms with Crippen LogP contribution in [0.25, 0.3) is 0 Å². The molecule has 2 N–H and O–H groups in total. The monoisotopic (exact) mass is 577 g/mol. The van der Waals surface area contributed by atoms with Gasteiger partial charge in [-0.1, -0.05) is 43.3 Å². The van der Waals surface area contributed by atoms with Crippen molar-refractivity contribution < 1.29 is 17.7 Å². The maximum Gasteiger partial charge on any atom is 0.218 e. The summed E-state index contributed by atoms with van der Waals surface area (Å²) in [7, 11) is -1.71. The first-order chi connectivity index (χ1) is 14.9. The fourth-order valence-corrected chi connectivity index (χ4v) is 4.80. The summed E-state index contributed by atoms with van der Waals surface area (Å²) in [6.45, 7) is 6.70. The molecule has 11 heteroatoms. The van der Waals surface area contributed by atoms with Crippen LogP contribution < -0.4 is 10.6 Å². The van der Waals surface area contributed by atoms with Crippen LogP contribution in [0.3, 0.4) is 0 Å². The van der Waals surface area contributed by atoms with Gasteiger partial charge in [0.15, 0.2) is 11.7 Å². The van der Waals surface area contributed by atoms with E-state index in [1.165, 1.54) is 4.31 Å². The molecule has 3 rings (SSSR count). The molecule has 1 aliphatic heterocycles. The lowest BCUT2D eigenvalue weighted by molar-refractivity contribution is 0.0729. The van der Waals surface area contributed by atoms with E-state index in [9.17, 15) is 8.42 Å². The number of halogens is 1. The van der Waals surface area contributed by atoms with Gasteiger partial charge < -0.3 is 19.9 Å². The van der Waals surface area contributed by atoms with Crippen LogP contribution in [0.2, 0.25) is 0 Å². The molecule has 1 aliphatic rings. The number of aliphatic imine (C=N–C) groups is 1. The molecule has 0 atom stereocenters. The van der Waals surface area contributed by atoms with Crippen molar-refractivity contribution in [3.8, 4) is 0 Å². The van der Waals surface area contributed by atoms with Gasteiger partial charge in [0.1, 0.15) is 0 Å². The summed E-state index contributed by atoms with van der Waals surface area (Å²) in [4.78, 5) is 4.23. The lowest BCUT2D eigenvalue weighted by atomic mass is 10.1. The van der Waals surface area contributed by atoms with Crippen molar-refractivity contribution in [1.82, 2.24) is 20.1 Å². The highest BCUT2D eigenvalue weighted by atomic mass is 127. The van der Waals surface area contributed by atoms with Gasteiger partial charge in [0.2, 0.25) is 10.0 Å². The van der Waals surface area contributed by atoms with Crippen molar-refractivity contribution in [3.63, 3.8) is 0 Å². The summed E-state index contributed by atoms with van der Waals surface area (Å²) >= 11 is 0. The SMILES string of the molecule is CN=C(NCc1cc(C(C)C)no1)NCc1ccccc1CS(=O)(=O)N1CCOCC1.I. The fraction of sp³-hybridized carbons (Fsp3) is 0.524. The first-order valence-electron chi connectivity index (χ1n) is 10.4. The van der Waals surface area contributed by atoms with E-state index in [0.29, 0.717) is 51.3 Å². The van der Waals surface area contributed by atoms with E-state index in [4.69, 9.17) is 9.26 Å². The molecule has 0 amide bonds. The third-order valence-electron chi connectivity index (χ3n) is 5.09. The lowest BCUT2D eigenvalue weighted by Gasteiger charge is -2.26. The van der Waals surface area contributed by atoms with Gasteiger partial charge in [-0.3, -0.25) is 4.99 Å². The fourth-order valence-electron chi connectivity index (χ4n) is 3.24. The quantitative estimate of drug-likeness (QED) is 0.282. The predicted octanol–water partition coefficient (Wildman–Crippen LogP) is 2.44. The van der Waals surface area contributed by atoms with Gasteiger partial charge in [0.25, 0.3) is 0 Å². The van der Waals surface area contributed by atoms with Crippen LogP contribution in [-0.4, -0.2) is 57.2 Å². The number of guanidine groups is 1. The molecule has 0 saturated carbocycles. The second-order valence-electron chi connectivity index (χ2n) is 7.69. The van der Waals surface area contributed by atoms with Crippen LogP contribution in [0.4, 0.5) is 0 Å². The molecule has 0 aliphatic carbocycles.